The second kappa shape index (κ2) is 9.03. The number of likely N-dealkylation sites (N-methyl/N-ethyl adjacent to an activating group) is 1. The Labute approximate surface area is 160 Å². The van der Waals surface area contributed by atoms with Gasteiger partial charge in [0, 0.05) is 12.2 Å². The first-order chi connectivity index (χ1) is 13.2. The third-order valence-corrected chi connectivity index (χ3v) is 4.59. The fourth-order valence-electron chi connectivity index (χ4n) is 3.08. The molecular weight excluding hydrogens is 336 g/mol. The molecule has 1 amide bonds. The lowest BCUT2D eigenvalue weighted by Crippen LogP contribution is -2.39. The molecule has 0 aliphatic rings. The molecule has 0 spiro atoms. The van der Waals surface area contributed by atoms with Gasteiger partial charge >= 0.3 is 0 Å². The maximum Gasteiger partial charge on any atom is 0.240 e. The molecular formula is C22H26N4O. The van der Waals surface area contributed by atoms with Gasteiger partial charge in [-0.2, -0.15) is 0 Å². The molecule has 1 atom stereocenters. The van der Waals surface area contributed by atoms with E-state index >= 15 is 0 Å². The van der Waals surface area contributed by atoms with Gasteiger partial charge in [-0.1, -0.05) is 55.5 Å². The summed E-state index contributed by atoms with van der Waals surface area (Å²) < 4.78 is 0. The van der Waals surface area contributed by atoms with Gasteiger partial charge in [0.25, 0.3) is 0 Å². The van der Waals surface area contributed by atoms with Crippen molar-refractivity contribution in [1.82, 2.24) is 15.3 Å². The van der Waals surface area contributed by atoms with Gasteiger partial charge in [-0.25, -0.2) is 4.98 Å². The van der Waals surface area contributed by atoms with Crippen LogP contribution in [0.25, 0.3) is 11.3 Å². The Morgan fingerprint density at radius 2 is 1.74 bits per heavy atom. The summed E-state index contributed by atoms with van der Waals surface area (Å²) in [5.74, 6) is 0.776. The smallest absolute Gasteiger partial charge is 0.240 e. The van der Waals surface area contributed by atoms with Crippen LogP contribution in [-0.4, -0.2) is 29.0 Å². The third-order valence-electron chi connectivity index (χ3n) is 4.59. The quantitative estimate of drug-likeness (QED) is 0.632. The molecule has 2 aromatic carbocycles. The summed E-state index contributed by atoms with van der Waals surface area (Å²) in [6.07, 6.45) is 2.59. The van der Waals surface area contributed by atoms with Crippen LogP contribution in [0.5, 0.6) is 0 Å². The van der Waals surface area contributed by atoms with Crippen LogP contribution in [0.3, 0.4) is 0 Å². The van der Waals surface area contributed by atoms with Gasteiger partial charge in [-0.05, 0) is 31.0 Å². The molecule has 0 aliphatic carbocycles. The van der Waals surface area contributed by atoms with Gasteiger partial charge in [0.05, 0.1) is 24.5 Å². The number of amides is 1. The fourth-order valence-corrected chi connectivity index (χ4v) is 3.08. The lowest BCUT2D eigenvalue weighted by atomic mass is 10.2. The van der Waals surface area contributed by atoms with E-state index in [0.717, 1.165) is 35.7 Å². The van der Waals surface area contributed by atoms with Crippen LogP contribution in [0.15, 0.2) is 66.9 Å². The molecule has 3 aromatic rings. The molecule has 27 heavy (non-hydrogen) atoms. The number of aromatic amines is 1. The van der Waals surface area contributed by atoms with E-state index in [1.807, 2.05) is 73.8 Å². The average molecular weight is 362 g/mol. The number of rotatable bonds is 8. The number of benzene rings is 2. The van der Waals surface area contributed by atoms with Gasteiger partial charge in [0.2, 0.25) is 5.91 Å². The summed E-state index contributed by atoms with van der Waals surface area (Å²) in [6.45, 7) is 5.19. The largest absolute Gasteiger partial charge is 0.363 e. The maximum atomic E-state index is 12.6. The molecule has 140 valence electrons. The number of hydrogen-bond donors (Lipinski definition) is 2. The van der Waals surface area contributed by atoms with Crippen LogP contribution in [0.2, 0.25) is 0 Å². The third kappa shape index (κ3) is 4.76. The summed E-state index contributed by atoms with van der Waals surface area (Å²) in [5, 5.41) is 3.11. The maximum absolute atomic E-state index is 12.6. The molecule has 1 aromatic heterocycles. The SMILES string of the molecule is CCC(NC(=O)CN(CC)c1ccccc1)c1ncc(-c2ccccc2)[nH]1. The summed E-state index contributed by atoms with van der Waals surface area (Å²) in [6, 6.07) is 19.9. The van der Waals surface area contributed by atoms with E-state index in [4.69, 9.17) is 0 Å². The van der Waals surface area contributed by atoms with Crippen LogP contribution >= 0.6 is 0 Å². The molecule has 0 fully saturated rings. The number of hydrogen-bond acceptors (Lipinski definition) is 3. The van der Waals surface area contributed by atoms with E-state index in [1.54, 1.807) is 0 Å². The van der Waals surface area contributed by atoms with Crippen LogP contribution < -0.4 is 10.2 Å². The van der Waals surface area contributed by atoms with Crippen LogP contribution in [0, 0.1) is 0 Å². The number of nitrogens with zero attached hydrogens (tertiary/aromatic N) is 2. The van der Waals surface area contributed by atoms with Crippen molar-refractivity contribution in [3.63, 3.8) is 0 Å². The number of imidazole rings is 1. The number of nitrogens with one attached hydrogen (secondary N) is 2. The van der Waals surface area contributed by atoms with Gasteiger partial charge in [0.15, 0.2) is 0 Å². The lowest BCUT2D eigenvalue weighted by Gasteiger charge is -2.24. The van der Waals surface area contributed by atoms with E-state index in [2.05, 4.69) is 27.1 Å². The predicted octanol–water partition coefficient (Wildman–Crippen LogP) is 4.17. The average Bonchev–Trinajstić information content (AvgIpc) is 3.21. The lowest BCUT2D eigenvalue weighted by molar-refractivity contribution is -0.120. The van der Waals surface area contributed by atoms with Crippen molar-refractivity contribution >= 4 is 11.6 Å². The minimum Gasteiger partial charge on any atom is -0.363 e. The monoisotopic (exact) mass is 362 g/mol. The topological polar surface area (TPSA) is 61.0 Å². The first-order valence-corrected chi connectivity index (χ1v) is 9.41. The van der Waals surface area contributed by atoms with Crippen molar-refractivity contribution in [2.24, 2.45) is 0 Å². The Kier molecular flexibility index (Phi) is 6.26. The second-order valence-electron chi connectivity index (χ2n) is 6.43. The zero-order valence-electron chi connectivity index (χ0n) is 15.9. The molecule has 5 nitrogen and oxygen atoms in total. The van der Waals surface area contributed by atoms with Gasteiger partial charge in [0.1, 0.15) is 5.82 Å². The highest BCUT2D eigenvalue weighted by atomic mass is 16.2. The Morgan fingerprint density at radius 3 is 2.37 bits per heavy atom. The van der Waals surface area contributed by atoms with Crippen molar-refractivity contribution in [3.8, 4) is 11.3 Å². The zero-order chi connectivity index (χ0) is 19.1. The van der Waals surface area contributed by atoms with E-state index in [-0.39, 0.29) is 11.9 Å². The van der Waals surface area contributed by atoms with Crippen molar-refractivity contribution in [2.45, 2.75) is 26.3 Å². The highest BCUT2D eigenvalue weighted by Crippen LogP contribution is 2.20. The number of carbonyl (C=O) groups excluding carboxylic acids is 1. The highest BCUT2D eigenvalue weighted by molar-refractivity contribution is 5.81. The molecule has 0 saturated carbocycles. The number of para-hydroxylation sites is 1. The first kappa shape index (κ1) is 18.7. The van der Waals surface area contributed by atoms with E-state index in [9.17, 15) is 4.79 Å². The van der Waals surface area contributed by atoms with Crippen molar-refractivity contribution in [3.05, 3.63) is 72.7 Å². The van der Waals surface area contributed by atoms with Crippen LogP contribution in [0.4, 0.5) is 5.69 Å². The fraction of sp³-hybridized carbons (Fsp3) is 0.273. The van der Waals surface area contributed by atoms with Gasteiger partial charge in [-0.15, -0.1) is 0 Å². The van der Waals surface area contributed by atoms with Crippen LogP contribution in [-0.2, 0) is 4.79 Å². The standard InChI is InChI=1S/C22H26N4O/c1-3-19(22-23-15-20(25-22)17-11-7-5-8-12-17)24-21(27)16-26(4-2)18-13-9-6-10-14-18/h5-15,19H,3-4,16H2,1-2H3,(H,23,25)(H,24,27). The molecule has 5 heteroatoms. The first-order valence-electron chi connectivity index (χ1n) is 9.41. The summed E-state index contributed by atoms with van der Waals surface area (Å²) >= 11 is 0. The molecule has 3 rings (SSSR count). The zero-order valence-corrected chi connectivity index (χ0v) is 15.9. The van der Waals surface area contributed by atoms with Crippen LogP contribution in [0.1, 0.15) is 32.1 Å². The van der Waals surface area contributed by atoms with E-state index in [1.165, 1.54) is 0 Å². The molecule has 1 heterocycles. The molecule has 1 unspecified atom stereocenters. The van der Waals surface area contributed by atoms with E-state index in [0.29, 0.717) is 6.54 Å². The number of H-pyrrole nitrogens is 1. The molecule has 0 bridgehead atoms. The second-order valence-corrected chi connectivity index (χ2v) is 6.43. The Hall–Kier alpha value is -3.08. The van der Waals surface area contributed by atoms with Crippen molar-refractivity contribution in [1.29, 1.82) is 0 Å². The van der Waals surface area contributed by atoms with Crippen molar-refractivity contribution < 1.29 is 4.79 Å². The summed E-state index contributed by atoms with van der Waals surface area (Å²) in [4.78, 5) is 22.5. The predicted molar refractivity (Wildman–Crippen MR) is 110 cm³/mol. The molecule has 0 aliphatic heterocycles. The molecule has 2 N–H and O–H groups in total. The minimum absolute atomic E-state index is 0.00906. The normalized spacial score (nSPS) is 11.8. The number of carbonyl (C=O) groups is 1. The summed E-state index contributed by atoms with van der Waals surface area (Å²) in [5.41, 5.74) is 3.09. The van der Waals surface area contributed by atoms with Gasteiger partial charge in [-0.3, -0.25) is 4.79 Å². The molecule has 0 radical (unpaired) electrons. The Balaban J connectivity index is 1.66. The number of anilines is 1. The van der Waals surface area contributed by atoms with Crippen molar-refractivity contribution in [2.75, 3.05) is 18.0 Å². The van der Waals surface area contributed by atoms with Gasteiger partial charge < -0.3 is 15.2 Å². The summed E-state index contributed by atoms with van der Waals surface area (Å²) in [7, 11) is 0. The highest BCUT2D eigenvalue weighted by Gasteiger charge is 2.18. The number of aromatic nitrogens is 2. The Bertz CT molecular complexity index is 845. The minimum atomic E-state index is -0.135. The molecule has 0 saturated heterocycles. The van der Waals surface area contributed by atoms with E-state index < -0.39 is 0 Å². The Morgan fingerprint density at radius 1 is 1.07 bits per heavy atom.